The summed E-state index contributed by atoms with van der Waals surface area (Å²) in [5, 5.41) is 12.1. The molecule has 0 unspecified atom stereocenters. The smallest absolute Gasteiger partial charge is 0.222 e. The van der Waals surface area contributed by atoms with Crippen molar-refractivity contribution < 1.29 is 0 Å². The quantitative estimate of drug-likeness (QED) is 0.580. The largest absolute Gasteiger partial charge is 0.323 e. The van der Waals surface area contributed by atoms with Gasteiger partial charge in [0.2, 0.25) is 5.65 Å². The number of rotatable bonds is 3. The van der Waals surface area contributed by atoms with Crippen LogP contribution in [-0.2, 0) is 0 Å². The number of nitrogens with zero attached hydrogens (tertiary/aromatic N) is 6. The van der Waals surface area contributed by atoms with Crippen molar-refractivity contribution in [2.45, 2.75) is 6.92 Å². The number of anilines is 2. The van der Waals surface area contributed by atoms with Crippen molar-refractivity contribution in [3.05, 3.63) is 54.6 Å². The van der Waals surface area contributed by atoms with Crippen LogP contribution in [0.2, 0.25) is 0 Å². The first-order chi connectivity index (χ1) is 10.9. The van der Waals surface area contributed by atoms with Gasteiger partial charge in [-0.2, -0.15) is 4.52 Å². The van der Waals surface area contributed by atoms with Crippen LogP contribution < -0.4 is 4.90 Å². The first kappa shape index (κ1) is 12.7. The molecule has 0 bridgehead atoms. The summed E-state index contributed by atoms with van der Waals surface area (Å²) < 4.78 is 1.74. The maximum absolute atomic E-state index is 4.79. The Hall–Kier alpha value is -3.02. The fourth-order valence-corrected chi connectivity index (χ4v) is 2.63. The van der Waals surface area contributed by atoms with Crippen molar-refractivity contribution in [3.63, 3.8) is 0 Å². The number of para-hydroxylation sites is 3. The Balaban J connectivity index is 2.01. The average molecular weight is 290 g/mol. The number of hydrogen-bond donors (Lipinski definition) is 0. The van der Waals surface area contributed by atoms with Crippen LogP contribution in [0.25, 0.3) is 16.7 Å². The highest BCUT2D eigenvalue weighted by atomic mass is 15.5. The van der Waals surface area contributed by atoms with E-state index in [0.29, 0.717) is 5.65 Å². The second kappa shape index (κ2) is 5.07. The van der Waals surface area contributed by atoms with Gasteiger partial charge in [0, 0.05) is 12.2 Å². The Morgan fingerprint density at radius 2 is 1.77 bits per heavy atom. The molecule has 2 aromatic heterocycles. The Kier molecular flexibility index (Phi) is 2.93. The maximum atomic E-state index is 4.79. The lowest BCUT2D eigenvalue weighted by molar-refractivity contribution is 0.840. The number of aromatic nitrogens is 5. The number of tetrazole rings is 1. The summed E-state index contributed by atoms with van der Waals surface area (Å²) in [6.07, 6.45) is 0. The molecule has 0 saturated carbocycles. The topological polar surface area (TPSA) is 59.2 Å². The third-order valence-electron chi connectivity index (χ3n) is 3.65. The van der Waals surface area contributed by atoms with Crippen LogP contribution in [0, 0.1) is 0 Å². The summed E-state index contributed by atoms with van der Waals surface area (Å²) in [6, 6.07) is 18.0. The maximum Gasteiger partial charge on any atom is 0.222 e. The van der Waals surface area contributed by atoms with Gasteiger partial charge in [-0.25, -0.2) is 4.98 Å². The normalized spacial score (nSPS) is 11.1. The van der Waals surface area contributed by atoms with Crippen molar-refractivity contribution in [1.82, 2.24) is 25.0 Å². The molecule has 6 heteroatoms. The highest BCUT2D eigenvalue weighted by Crippen LogP contribution is 2.28. The minimum Gasteiger partial charge on any atom is -0.323 e. The molecule has 0 amide bonds. The van der Waals surface area contributed by atoms with Crippen LogP contribution in [0.4, 0.5) is 11.5 Å². The van der Waals surface area contributed by atoms with Gasteiger partial charge in [-0.05, 0) is 41.6 Å². The molecule has 2 aromatic carbocycles. The van der Waals surface area contributed by atoms with Gasteiger partial charge in [-0.15, -0.1) is 5.10 Å². The van der Waals surface area contributed by atoms with E-state index < -0.39 is 0 Å². The Labute approximate surface area is 127 Å². The van der Waals surface area contributed by atoms with Gasteiger partial charge < -0.3 is 4.90 Å². The molecule has 4 aromatic rings. The summed E-state index contributed by atoms with van der Waals surface area (Å²) in [4.78, 5) is 6.89. The lowest BCUT2D eigenvalue weighted by Gasteiger charge is -2.22. The Morgan fingerprint density at radius 3 is 2.59 bits per heavy atom. The molecular formula is C16H14N6. The molecule has 0 saturated heterocycles. The van der Waals surface area contributed by atoms with Crippen molar-refractivity contribution in [2.24, 2.45) is 0 Å². The molecule has 0 aliphatic heterocycles. The first-order valence-electron chi connectivity index (χ1n) is 7.18. The molecule has 6 nitrogen and oxygen atoms in total. The van der Waals surface area contributed by atoms with Crippen LogP contribution >= 0.6 is 0 Å². The third-order valence-corrected chi connectivity index (χ3v) is 3.65. The van der Waals surface area contributed by atoms with Crippen LogP contribution in [0.1, 0.15) is 6.92 Å². The van der Waals surface area contributed by atoms with Crippen LogP contribution in [-0.4, -0.2) is 31.6 Å². The molecule has 0 spiro atoms. The monoisotopic (exact) mass is 290 g/mol. The van der Waals surface area contributed by atoms with Crippen molar-refractivity contribution in [3.8, 4) is 0 Å². The fourth-order valence-electron chi connectivity index (χ4n) is 2.63. The molecule has 0 aliphatic carbocycles. The number of hydrogen-bond acceptors (Lipinski definition) is 5. The second-order valence-electron chi connectivity index (χ2n) is 4.92. The lowest BCUT2D eigenvalue weighted by Crippen LogP contribution is -2.18. The average Bonchev–Trinajstić information content (AvgIpc) is 3.07. The zero-order valence-electron chi connectivity index (χ0n) is 12.1. The van der Waals surface area contributed by atoms with E-state index in [1.807, 2.05) is 42.5 Å². The summed E-state index contributed by atoms with van der Waals surface area (Å²) in [5.74, 6) is 0.761. The fraction of sp³-hybridized carbons (Fsp3) is 0.125. The van der Waals surface area contributed by atoms with Gasteiger partial charge in [0.25, 0.3) is 0 Å². The van der Waals surface area contributed by atoms with Crippen LogP contribution in [0.5, 0.6) is 0 Å². The van der Waals surface area contributed by atoms with Crippen molar-refractivity contribution >= 4 is 28.2 Å². The minimum absolute atomic E-state index is 0.657. The summed E-state index contributed by atoms with van der Waals surface area (Å²) >= 11 is 0. The summed E-state index contributed by atoms with van der Waals surface area (Å²) in [7, 11) is 0. The van der Waals surface area contributed by atoms with E-state index in [9.17, 15) is 0 Å². The molecule has 4 rings (SSSR count). The number of fused-ring (bicyclic) bond motifs is 3. The van der Waals surface area contributed by atoms with E-state index in [0.717, 1.165) is 29.1 Å². The zero-order valence-corrected chi connectivity index (χ0v) is 12.1. The predicted octanol–water partition coefficient (Wildman–Crippen LogP) is 2.83. The van der Waals surface area contributed by atoms with E-state index >= 15 is 0 Å². The molecule has 0 aliphatic rings. The van der Waals surface area contributed by atoms with Gasteiger partial charge >= 0.3 is 0 Å². The molecule has 22 heavy (non-hydrogen) atoms. The molecule has 0 atom stereocenters. The van der Waals surface area contributed by atoms with Crippen LogP contribution in [0.15, 0.2) is 54.6 Å². The highest BCUT2D eigenvalue weighted by molar-refractivity contribution is 5.84. The van der Waals surface area contributed by atoms with Gasteiger partial charge in [0.15, 0.2) is 5.82 Å². The Bertz CT molecular complexity index is 931. The van der Waals surface area contributed by atoms with Crippen LogP contribution in [0.3, 0.4) is 0 Å². The molecule has 2 heterocycles. The third kappa shape index (κ3) is 1.88. The van der Waals surface area contributed by atoms with E-state index in [2.05, 4.69) is 39.5 Å². The van der Waals surface area contributed by atoms with Gasteiger partial charge in [-0.3, -0.25) is 0 Å². The minimum atomic E-state index is 0.657. The molecule has 108 valence electrons. The lowest BCUT2D eigenvalue weighted by atomic mass is 10.2. The van der Waals surface area contributed by atoms with E-state index in [4.69, 9.17) is 4.98 Å². The standard InChI is InChI=1S/C16H14N6/c1-2-21(12-8-4-3-5-9-12)15-16-18-19-20-22(16)14-11-7-6-10-13(14)17-15/h3-11H,2H2,1H3. The van der Waals surface area contributed by atoms with Gasteiger partial charge in [-0.1, -0.05) is 30.3 Å². The molecule has 0 fully saturated rings. The first-order valence-corrected chi connectivity index (χ1v) is 7.18. The van der Waals surface area contributed by atoms with E-state index in [1.165, 1.54) is 0 Å². The van der Waals surface area contributed by atoms with Crippen molar-refractivity contribution in [1.29, 1.82) is 0 Å². The zero-order chi connectivity index (χ0) is 14.9. The SMILES string of the molecule is CCN(c1ccccc1)c1nc2ccccc2n2nnnc12. The Morgan fingerprint density at radius 1 is 1.00 bits per heavy atom. The number of benzene rings is 2. The predicted molar refractivity (Wildman–Crippen MR) is 85.2 cm³/mol. The van der Waals surface area contributed by atoms with E-state index in [-0.39, 0.29) is 0 Å². The van der Waals surface area contributed by atoms with Gasteiger partial charge in [0.05, 0.1) is 11.0 Å². The van der Waals surface area contributed by atoms with Gasteiger partial charge in [0.1, 0.15) is 0 Å². The highest BCUT2D eigenvalue weighted by Gasteiger charge is 2.17. The second-order valence-corrected chi connectivity index (χ2v) is 4.92. The van der Waals surface area contributed by atoms with E-state index in [1.54, 1.807) is 4.52 Å². The molecule has 0 radical (unpaired) electrons. The summed E-state index contributed by atoms with van der Waals surface area (Å²) in [6.45, 7) is 2.86. The van der Waals surface area contributed by atoms with Crippen molar-refractivity contribution in [2.75, 3.05) is 11.4 Å². The summed E-state index contributed by atoms with van der Waals surface area (Å²) in [5.41, 5.74) is 3.49. The molecule has 0 N–H and O–H groups in total. The molecular weight excluding hydrogens is 276 g/mol.